The zero-order chi connectivity index (χ0) is 23.3. The third-order valence-electron chi connectivity index (χ3n) is 5.09. The van der Waals surface area contributed by atoms with Gasteiger partial charge < -0.3 is 30.3 Å². The van der Waals surface area contributed by atoms with Crippen molar-refractivity contribution in [2.45, 2.75) is 38.8 Å². The van der Waals surface area contributed by atoms with E-state index in [1.54, 1.807) is 24.3 Å². The Morgan fingerprint density at radius 1 is 0.750 bits per heavy atom. The number of phenols is 2. The molecule has 0 saturated carbocycles. The fraction of sp³-hybridized carbons (Fsp3) is 0.417. The van der Waals surface area contributed by atoms with Gasteiger partial charge in [-0.25, -0.2) is 0 Å². The van der Waals surface area contributed by atoms with Gasteiger partial charge in [0.1, 0.15) is 11.5 Å². The van der Waals surface area contributed by atoms with Crippen LogP contribution >= 0.6 is 0 Å². The number of carbonyl (C=O) groups excluding carboxylic acids is 2. The molecule has 0 bridgehead atoms. The highest BCUT2D eigenvalue weighted by Gasteiger charge is 2.07. The summed E-state index contributed by atoms with van der Waals surface area (Å²) in [4.78, 5) is 22.6. The lowest BCUT2D eigenvalue weighted by molar-refractivity contribution is -0.141. The molecule has 2 aromatic carbocycles. The number of esters is 2. The Bertz CT molecular complexity index is 827. The van der Waals surface area contributed by atoms with E-state index in [2.05, 4.69) is 20.1 Å². The molecule has 174 valence electrons. The van der Waals surface area contributed by atoms with E-state index in [0.29, 0.717) is 51.9 Å². The summed E-state index contributed by atoms with van der Waals surface area (Å²) in [6, 6.07) is 10.6. The summed E-state index contributed by atoms with van der Waals surface area (Å²) in [6.07, 6.45) is 1.72. The Kier molecular flexibility index (Phi) is 10.5. The Labute approximate surface area is 188 Å². The molecule has 0 aliphatic heterocycles. The second-order valence-corrected chi connectivity index (χ2v) is 7.43. The van der Waals surface area contributed by atoms with Gasteiger partial charge in [-0.1, -0.05) is 24.3 Å². The van der Waals surface area contributed by atoms with Crippen LogP contribution in [0.3, 0.4) is 0 Å². The van der Waals surface area contributed by atoms with Gasteiger partial charge in [0.2, 0.25) is 0 Å². The number of hydrogen-bond donors (Lipinski definition) is 4. The van der Waals surface area contributed by atoms with Crippen LogP contribution in [0.5, 0.6) is 11.5 Å². The molecule has 0 aromatic heterocycles. The van der Waals surface area contributed by atoms with Crippen LogP contribution in [0.15, 0.2) is 36.4 Å². The normalized spacial score (nSPS) is 10.7. The smallest absolute Gasteiger partial charge is 0.305 e. The maximum atomic E-state index is 11.3. The first-order valence-corrected chi connectivity index (χ1v) is 10.6. The van der Waals surface area contributed by atoms with Gasteiger partial charge in [0.05, 0.1) is 14.2 Å². The van der Waals surface area contributed by atoms with Gasteiger partial charge in [-0.15, -0.1) is 0 Å². The number of rotatable bonds is 13. The molecular weight excluding hydrogens is 412 g/mol. The summed E-state index contributed by atoms with van der Waals surface area (Å²) in [5.74, 6) is -0.102. The molecule has 2 aromatic rings. The first kappa shape index (κ1) is 25.2. The second-order valence-electron chi connectivity index (χ2n) is 7.43. The molecule has 0 radical (unpaired) electrons. The molecule has 2 rings (SSSR count). The molecule has 4 N–H and O–H groups in total. The summed E-state index contributed by atoms with van der Waals surface area (Å²) in [5.41, 5.74) is 3.46. The van der Waals surface area contributed by atoms with Gasteiger partial charge in [0, 0.05) is 50.1 Å². The van der Waals surface area contributed by atoms with E-state index in [1.807, 2.05) is 12.1 Å². The molecular formula is C24H32N2O6. The lowest BCUT2D eigenvalue weighted by Crippen LogP contribution is -2.26. The average molecular weight is 445 g/mol. The summed E-state index contributed by atoms with van der Waals surface area (Å²) >= 11 is 0. The monoisotopic (exact) mass is 444 g/mol. The number of ether oxygens (including phenoxy) is 2. The molecule has 0 aliphatic carbocycles. The van der Waals surface area contributed by atoms with Gasteiger partial charge in [0.15, 0.2) is 0 Å². The largest absolute Gasteiger partial charge is 0.508 e. The fourth-order valence-corrected chi connectivity index (χ4v) is 3.19. The molecule has 0 atom stereocenters. The van der Waals surface area contributed by atoms with E-state index in [0.717, 1.165) is 22.3 Å². The van der Waals surface area contributed by atoms with Crippen molar-refractivity contribution < 1.29 is 29.3 Å². The lowest BCUT2D eigenvalue weighted by Gasteiger charge is -2.11. The molecule has 0 fully saturated rings. The molecule has 0 heterocycles. The van der Waals surface area contributed by atoms with E-state index < -0.39 is 0 Å². The summed E-state index contributed by atoms with van der Waals surface area (Å²) in [7, 11) is 2.73. The number of aryl methyl sites for hydroxylation is 2. The molecule has 0 amide bonds. The minimum atomic E-state index is -0.260. The lowest BCUT2D eigenvalue weighted by atomic mass is 10.1. The second kappa shape index (κ2) is 13.3. The van der Waals surface area contributed by atoms with Crippen molar-refractivity contribution >= 4 is 11.9 Å². The Hall–Kier alpha value is -3.10. The zero-order valence-corrected chi connectivity index (χ0v) is 18.6. The van der Waals surface area contributed by atoms with E-state index >= 15 is 0 Å². The average Bonchev–Trinajstić information content (AvgIpc) is 2.80. The highest BCUT2D eigenvalue weighted by Crippen LogP contribution is 2.20. The first-order chi connectivity index (χ1) is 15.4. The van der Waals surface area contributed by atoms with Crippen molar-refractivity contribution in [3.8, 4) is 11.5 Å². The van der Waals surface area contributed by atoms with Crippen molar-refractivity contribution in [1.82, 2.24) is 10.6 Å². The Morgan fingerprint density at radius 3 is 1.53 bits per heavy atom. The van der Waals surface area contributed by atoms with Crippen molar-refractivity contribution in [1.29, 1.82) is 0 Å². The third kappa shape index (κ3) is 8.56. The van der Waals surface area contributed by atoms with Crippen LogP contribution in [0.25, 0.3) is 0 Å². The number of aromatic hydroxyl groups is 2. The maximum Gasteiger partial charge on any atom is 0.305 e. The summed E-state index contributed by atoms with van der Waals surface area (Å²) in [6.45, 7) is 2.31. The third-order valence-corrected chi connectivity index (χ3v) is 5.09. The van der Waals surface area contributed by atoms with E-state index in [9.17, 15) is 19.8 Å². The number of nitrogens with one attached hydrogen (secondary N) is 2. The highest BCUT2D eigenvalue weighted by molar-refractivity contribution is 5.69. The number of benzene rings is 2. The molecule has 8 heteroatoms. The van der Waals surface area contributed by atoms with Crippen LogP contribution in [-0.2, 0) is 45.0 Å². The SMILES string of the molecule is COC(=O)CCc1ccc(O)c(CNCCNCc2cc(CCC(=O)OC)ccc2O)c1. The van der Waals surface area contributed by atoms with Crippen molar-refractivity contribution in [3.63, 3.8) is 0 Å². The van der Waals surface area contributed by atoms with E-state index in [4.69, 9.17) is 0 Å². The maximum absolute atomic E-state index is 11.3. The Morgan fingerprint density at radius 2 is 1.16 bits per heavy atom. The molecule has 0 spiro atoms. The Balaban J connectivity index is 1.74. The van der Waals surface area contributed by atoms with Crippen LogP contribution in [0.4, 0.5) is 0 Å². The molecule has 32 heavy (non-hydrogen) atoms. The zero-order valence-electron chi connectivity index (χ0n) is 18.6. The van der Waals surface area contributed by atoms with Crippen molar-refractivity contribution in [2.75, 3.05) is 27.3 Å². The first-order valence-electron chi connectivity index (χ1n) is 10.6. The summed E-state index contributed by atoms with van der Waals surface area (Å²) < 4.78 is 9.32. The van der Waals surface area contributed by atoms with Gasteiger partial charge in [-0.2, -0.15) is 0 Å². The minimum absolute atomic E-state index is 0.209. The molecule has 0 unspecified atom stereocenters. The van der Waals surface area contributed by atoms with Gasteiger partial charge >= 0.3 is 11.9 Å². The fourth-order valence-electron chi connectivity index (χ4n) is 3.19. The standard InChI is InChI=1S/C24H32N2O6/c1-31-23(29)9-5-17-3-7-21(27)19(13-17)15-25-11-12-26-16-20-14-18(4-8-22(20)28)6-10-24(30)32-2/h3-4,7-8,13-14,25-28H,5-6,9-12,15-16H2,1-2H3. The molecule has 0 aliphatic rings. The number of phenolic OH excluding ortho intramolecular Hbond substituents is 2. The van der Waals surface area contributed by atoms with Gasteiger partial charge in [-0.3, -0.25) is 9.59 Å². The van der Waals surface area contributed by atoms with Crippen LogP contribution in [0, 0.1) is 0 Å². The topological polar surface area (TPSA) is 117 Å². The van der Waals surface area contributed by atoms with E-state index in [1.165, 1.54) is 14.2 Å². The minimum Gasteiger partial charge on any atom is -0.508 e. The van der Waals surface area contributed by atoms with Crippen molar-refractivity contribution in [2.24, 2.45) is 0 Å². The predicted octanol–water partition coefficient (Wildman–Crippen LogP) is 2.19. The van der Waals surface area contributed by atoms with Gasteiger partial charge in [-0.05, 0) is 36.1 Å². The number of methoxy groups -OCH3 is 2. The number of carbonyl (C=O) groups is 2. The van der Waals surface area contributed by atoms with E-state index in [-0.39, 0.29) is 23.4 Å². The van der Waals surface area contributed by atoms with Crippen LogP contribution < -0.4 is 10.6 Å². The quantitative estimate of drug-likeness (QED) is 0.274. The van der Waals surface area contributed by atoms with Crippen LogP contribution in [0.2, 0.25) is 0 Å². The molecule has 8 nitrogen and oxygen atoms in total. The number of hydrogen-bond acceptors (Lipinski definition) is 8. The summed E-state index contributed by atoms with van der Waals surface area (Å²) in [5, 5.41) is 26.7. The molecule has 0 saturated heterocycles. The van der Waals surface area contributed by atoms with Gasteiger partial charge in [0.25, 0.3) is 0 Å². The van der Waals surface area contributed by atoms with Crippen LogP contribution in [-0.4, -0.2) is 49.5 Å². The van der Waals surface area contributed by atoms with Crippen LogP contribution in [0.1, 0.15) is 35.1 Å². The highest BCUT2D eigenvalue weighted by atomic mass is 16.5. The van der Waals surface area contributed by atoms with Crippen molar-refractivity contribution in [3.05, 3.63) is 58.7 Å². The predicted molar refractivity (Wildman–Crippen MR) is 120 cm³/mol.